The highest BCUT2D eigenvalue weighted by Crippen LogP contribution is 2.24. The molecule has 1 aromatic rings. The summed E-state index contributed by atoms with van der Waals surface area (Å²) in [6.45, 7) is 4.05. The molecule has 1 aromatic heterocycles. The van der Waals surface area contributed by atoms with Crippen LogP contribution in [0.2, 0.25) is 0 Å². The van der Waals surface area contributed by atoms with E-state index in [1.54, 1.807) is 17.8 Å². The third-order valence-corrected chi connectivity index (χ3v) is 4.37. The molecule has 0 aliphatic heterocycles. The van der Waals surface area contributed by atoms with E-state index < -0.39 is 11.9 Å². The maximum absolute atomic E-state index is 12.5. The molecule has 1 saturated carbocycles. The SMILES string of the molecule is CC(C)c1cc(C(=O)N[C@H]2CCCCC[C@H]2C(=O)O)n(C)n1. The van der Waals surface area contributed by atoms with Gasteiger partial charge in [0, 0.05) is 13.1 Å². The average Bonchev–Trinajstić information content (AvgIpc) is 2.68. The molecule has 2 atom stereocenters. The van der Waals surface area contributed by atoms with E-state index >= 15 is 0 Å². The molecule has 2 rings (SSSR count). The Kier molecular flexibility index (Phi) is 5.21. The number of aliphatic carboxylic acids is 1. The molecule has 1 amide bonds. The van der Waals surface area contributed by atoms with E-state index in [9.17, 15) is 14.7 Å². The molecular weight excluding hydrogens is 282 g/mol. The number of rotatable bonds is 4. The molecular formula is C16H25N3O3. The fourth-order valence-corrected chi connectivity index (χ4v) is 3.00. The Labute approximate surface area is 130 Å². The van der Waals surface area contributed by atoms with Crippen molar-refractivity contribution in [3.8, 4) is 0 Å². The molecule has 0 unspecified atom stereocenters. The van der Waals surface area contributed by atoms with Crippen LogP contribution in [0, 0.1) is 5.92 Å². The molecule has 1 aliphatic rings. The summed E-state index contributed by atoms with van der Waals surface area (Å²) in [7, 11) is 1.74. The molecule has 6 nitrogen and oxygen atoms in total. The van der Waals surface area contributed by atoms with Crippen LogP contribution in [0.5, 0.6) is 0 Å². The van der Waals surface area contributed by atoms with Crippen molar-refractivity contribution in [3.63, 3.8) is 0 Å². The number of carboxylic acids is 1. The lowest BCUT2D eigenvalue weighted by atomic mass is 9.95. The summed E-state index contributed by atoms with van der Waals surface area (Å²) < 4.78 is 1.57. The lowest BCUT2D eigenvalue weighted by molar-refractivity contribution is -0.142. The number of carbonyl (C=O) groups excluding carboxylic acids is 1. The Morgan fingerprint density at radius 2 is 2.00 bits per heavy atom. The molecule has 22 heavy (non-hydrogen) atoms. The first-order valence-corrected chi connectivity index (χ1v) is 7.97. The van der Waals surface area contributed by atoms with Gasteiger partial charge in [0.25, 0.3) is 5.91 Å². The predicted octanol–water partition coefficient (Wildman–Crippen LogP) is 2.31. The number of aryl methyl sites for hydroxylation is 1. The van der Waals surface area contributed by atoms with Gasteiger partial charge in [0.1, 0.15) is 5.69 Å². The van der Waals surface area contributed by atoms with Crippen LogP contribution in [0.4, 0.5) is 0 Å². The minimum atomic E-state index is -0.819. The van der Waals surface area contributed by atoms with Crippen molar-refractivity contribution < 1.29 is 14.7 Å². The summed E-state index contributed by atoms with van der Waals surface area (Å²) >= 11 is 0. The topological polar surface area (TPSA) is 84.2 Å². The number of amides is 1. The fourth-order valence-electron chi connectivity index (χ4n) is 3.00. The van der Waals surface area contributed by atoms with Crippen LogP contribution < -0.4 is 5.32 Å². The fraction of sp³-hybridized carbons (Fsp3) is 0.688. The van der Waals surface area contributed by atoms with Gasteiger partial charge in [-0.2, -0.15) is 5.10 Å². The van der Waals surface area contributed by atoms with Gasteiger partial charge in [-0.1, -0.05) is 33.1 Å². The van der Waals surface area contributed by atoms with Crippen molar-refractivity contribution in [3.05, 3.63) is 17.5 Å². The summed E-state index contributed by atoms with van der Waals surface area (Å²) in [5.41, 5.74) is 1.35. The first-order chi connectivity index (χ1) is 10.4. The van der Waals surface area contributed by atoms with Gasteiger partial charge in [-0.25, -0.2) is 0 Å². The maximum Gasteiger partial charge on any atom is 0.308 e. The predicted molar refractivity (Wildman–Crippen MR) is 82.8 cm³/mol. The molecule has 0 saturated heterocycles. The van der Waals surface area contributed by atoms with E-state index in [1.807, 2.05) is 13.8 Å². The summed E-state index contributed by atoms with van der Waals surface area (Å²) in [6.07, 6.45) is 4.24. The Balaban J connectivity index is 2.14. The highest BCUT2D eigenvalue weighted by molar-refractivity contribution is 5.93. The van der Waals surface area contributed by atoms with Crippen molar-refractivity contribution in [2.24, 2.45) is 13.0 Å². The van der Waals surface area contributed by atoms with Crippen molar-refractivity contribution in [2.75, 3.05) is 0 Å². The second-order valence-corrected chi connectivity index (χ2v) is 6.40. The second-order valence-electron chi connectivity index (χ2n) is 6.40. The molecule has 122 valence electrons. The molecule has 1 heterocycles. The lowest BCUT2D eigenvalue weighted by Gasteiger charge is -2.22. The number of hydrogen-bond acceptors (Lipinski definition) is 3. The van der Waals surface area contributed by atoms with Gasteiger partial charge in [-0.3, -0.25) is 14.3 Å². The Morgan fingerprint density at radius 1 is 1.32 bits per heavy atom. The summed E-state index contributed by atoms with van der Waals surface area (Å²) in [4.78, 5) is 23.9. The average molecular weight is 307 g/mol. The van der Waals surface area contributed by atoms with Crippen molar-refractivity contribution in [2.45, 2.75) is 57.9 Å². The van der Waals surface area contributed by atoms with E-state index in [0.717, 1.165) is 31.4 Å². The van der Waals surface area contributed by atoms with Gasteiger partial charge in [-0.05, 0) is 24.8 Å². The number of nitrogens with zero attached hydrogens (tertiary/aromatic N) is 2. The minimum absolute atomic E-state index is 0.236. The number of nitrogens with one attached hydrogen (secondary N) is 1. The van der Waals surface area contributed by atoms with Crippen LogP contribution in [0.15, 0.2) is 6.07 Å². The van der Waals surface area contributed by atoms with Gasteiger partial charge in [0.15, 0.2) is 0 Å². The number of aromatic nitrogens is 2. The summed E-state index contributed by atoms with van der Waals surface area (Å²) in [5.74, 6) is -1.30. The monoisotopic (exact) mass is 307 g/mol. The summed E-state index contributed by atoms with van der Waals surface area (Å²) in [5, 5.41) is 16.6. The van der Waals surface area contributed by atoms with E-state index in [1.165, 1.54) is 0 Å². The van der Waals surface area contributed by atoms with E-state index in [0.29, 0.717) is 12.1 Å². The van der Waals surface area contributed by atoms with E-state index in [4.69, 9.17) is 0 Å². The van der Waals surface area contributed by atoms with E-state index in [-0.39, 0.29) is 17.9 Å². The van der Waals surface area contributed by atoms with Crippen LogP contribution in [-0.2, 0) is 11.8 Å². The van der Waals surface area contributed by atoms with Gasteiger partial charge in [0.05, 0.1) is 11.6 Å². The zero-order valence-electron chi connectivity index (χ0n) is 13.5. The third-order valence-electron chi connectivity index (χ3n) is 4.37. The van der Waals surface area contributed by atoms with Crippen molar-refractivity contribution >= 4 is 11.9 Å². The molecule has 0 radical (unpaired) electrons. The van der Waals surface area contributed by atoms with Crippen LogP contribution in [-0.4, -0.2) is 32.8 Å². The van der Waals surface area contributed by atoms with Gasteiger partial charge in [-0.15, -0.1) is 0 Å². The molecule has 1 aliphatic carbocycles. The first-order valence-electron chi connectivity index (χ1n) is 7.97. The molecule has 1 fully saturated rings. The zero-order chi connectivity index (χ0) is 16.3. The molecule has 2 N–H and O–H groups in total. The maximum atomic E-state index is 12.5. The molecule has 6 heteroatoms. The third kappa shape index (κ3) is 3.67. The number of carbonyl (C=O) groups is 2. The quantitative estimate of drug-likeness (QED) is 0.836. The van der Waals surface area contributed by atoms with Crippen LogP contribution in [0.1, 0.15) is 68.1 Å². The lowest BCUT2D eigenvalue weighted by Crippen LogP contribution is -2.43. The highest BCUT2D eigenvalue weighted by Gasteiger charge is 2.31. The number of hydrogen-bond donors (Lipinski definition) is 2. The highest BCUT2D eigenvalue weighted by atomic mass is 16.4. The van der Waals surface area contributed by atoms with Crippen molar-refractivity contribution in [1.82, 2.24) is 15.1 Å². The molecule has 0 spiro atoms. The Bertz CT molecular complexity index is 551. The van der Waals surface area contributed by atoms with Gasteiger partial charge >= 0.3 is 5.97 Å². The van der Waals surface area contributed by atoms with E-state index in [2.05, 4.69) is 10.4 Å². The van der Waals surface area contributed by atoms with Crippen LogP contribution in [0.25, 0.3) is 0 Å². The van der Waals surface area contributed by atoms with Crippen LogP contribution >= 0.6 is 0 Å². The summed E-state index contributed by atoms with van der Waals surface area (Å²) in [6, 6.07) is 1.48. The Hall–Kier alpha value is -1.85. The van der Waals surface area contributed by atoms with Crippen LogP contribution in [0.3, 0.4) is 0 Å². The largest absolute Gasteiger partial charge is 0.481 e. The number of carboxylic acid groups (broad SMARTS) is 1. The van der Waals surface area contributed by atoms with Gasteiger partial charge in [0.2, 0.25) is 0 Å². The van der Waals surface area contributed by atoms with Crippen molar-refractivity contribution in [1.29, 1.82) is 0 Å². The first kappa shape index (κ1) is 16.5. The minimum Gasteiger partial charge on any atom is -0.481 e. The molecule has 0 bridgehead atoms. The zero-order valence-corrected chi connectivity index (χ0v) is 13.5. The standard InChI is InChI=1S/C16H25N3O3/c1-10(2)13-9-14(19(3)18-13)15(20)17-12-8-6-4-5-7-11(12)16(21)22/h9-12H,4-8H2,1-3H3,(H,17,20)(H,21,22)/t11-,12+/m1/s1. The molecule has 0 aromatic carbocycles. The Morgan fingerprint density at radius 3 is 2.59 bits per heavy atom. The second kappa shape index (κ2) is 6.94. The normalized spacial score (nSPS) is 22.4. The smallest absolute Gasteiger partial charge is 0.308 e. The van der Waals surface area contributed by atoms with Gasteiger partial charge < -0.3 is 10.4 Å².